The number of rotatable bonds is 2. The van der Waals surface area contributed by atoms with E-state index in [-0.39, 0.29) is 29.1 Å². The maximum Gasteiger partial charge on any atom is 0.226 e. The molecule has 6 rings (SSSR count). The second-order valence-corrected chi connectivity index (χ2v) is 9.95. The molecule has 3 atom stereocenters. The van der Waals surface area contributed by atoms with Crippen molar-refractivity contribution in [3.63, 3.8) is 0 Å². The van der Waals surface area contributed by atoms with Crippen LogP contribution in [0.4, 0.5) is 8.78 Å². The van der Waals surface area contributed by atoms with Gasteiger partial charge in [0, 0.05) is 45.7 Å². The van der Waals surface area contributed by atoms with Gasteiger partial charge in [0.05, 0.1) is 23.5 Å². The van der Waals surface area contributed by atoms with E-state index in [1.807, 2.05) is 19.9 Å². The molecule has 0 radical (unpaired) electrons. The van der Waals surface area contributed by atoms with Crippen LogP contribution in [0.2, 0.25) is 0 Å². The summed E-state index contributed by atoms with van der Waals surface area (Å²) in [6, 6.07) is 12.7. The number of fused-ring (bicyclic) bond motifs is 4. The van der Waals surface area contributed by atoms with E-state index in [0.29, 0.717) is 46.3 Å². The lowest BCUT2D eigenvalue weighted by Gasteiger charge is -2.46. The minimum absolute atomic E-state index is 0.0832. The zero-order valence-corrected chi connectivity index (χ0v) is 20.3. The number of hydrogen-bond donors (Lipinski definition) is 0. The average Bonchev–Trinajstić information content (AvgIpc) is 2.90. The average molecular weight is 493 g/mol. The molecule has 0 N–H and O–H groups in total. The summed E-state index contributed by atoms with van der Waals surface area (Å²) in [6.45, 7) is 11.4. The molecule has 2 aromatic heterocycles. The molecule has 0 bridgehead atoms. The summed E-state index contributed by atoms with van der Waals surface area (Å²) in [5, 5.41) is 0.672. The Morgan fingerprint density at radius 3 is 2.68 bits per heavy atom. The number of nitrogens with zero attached hydrogens (tertiary/aromatic N) is 4. The number of allylic oxidation sites excluding steroid dienone is 2. The number of Topliss-reactive ketones (excluding diaryl/α,β-unsaturated/α-hetero) is 1. The molecule has 0 saturated heterocycles. The van der Waals surface area contributed by atoms with Gasteiger partial charge in [-0.25, -0.2) is 23.6 Å². The van der Waals surface area contributed by atoms with E-state index in [1.165, 1.54) is 18.2 Å². The number of aromatic nitrogens is 3. The number of carbonyl (C=O) groups excluding carboxylic acids is 1. The zero-order chi connectivity index (χ0) is 25.9. The van der Waals surface area contributed by atoms with Crippen LogP contribution in [0, 0.1) is 30.0 Å². The SMILES string of the molecule is [C-]#[N+]C1=C[C@@]2(C)c3nc(-c4cc(F)cc5ncccc45)nc(-c4ccccc4F)c3CC[C@@H]2[C@@H](C)C1=O. The molecule has 37 heavy (non-hydrogen) atoms. The summed E-state index contributed by atoms with van der Waals surface area (Å²) in [5.74, 6) is -1.25. The molecule has 0 amide bonds. The van der Waals surface area contributed by atoms with Crippen molar-refractivity contribution < 1.29 is 13.6 Å². The molecule has 2 aromatic carbocycles. The van der Waals surface area contributed by atoms with Gasteiger partial charge in [-0.2, -0.15) is 0 Å². The van der Waals surface area contributed by atoms with Gasteiger partial charge in [0.2, 0.25) is 5.70 Å². The van der Waals surface area contributed by atoms with Crippen LogP contribution in [-0.2, 0) is 16.6 Å². The van der Waals surface area contributed by atoms with Crippen molar-refractivity contribution in [3.05, 3.63) is 101 Å². The first-order chi connectivity index (χ1) is 17.8. The molecule has 0 unspecified atom stereocenters. The van der Waals surface area contributed by atoms with Gasteiger partial charge in [0.1, 0.15) is 11.6 Å². The standard InChI is InChI=1S/C30H22F2N4O/c1-16-22-11-10-20-26(19-7-4-5-9-23(19)32)35-29(21-13-17(31)14-24-18(21)8-6-12-34-24)36-28(20)30(22,2)15-25(33-3)27(16)37/h4-9,12-16,22H,10-11H2,1-2H3/t16-,22-,30-/m1/s1. The molecule has 0 fully saturated rings. The fourth-order valence-corrected chi connectivity index (χ4v) is 6.07. The quantitative estimate of drug-likeness (QED) is 0.301. The summed E-state index contributed by atoms with van der Waals surface area (Å²) in [5.41, 5.74) is 2.46. The largest absolute Gasteiger partial charge is 0.308 e. The van der Waals surface area contributed by atoms with Crippen LogP contribution >= 0.6 is 0 Å². The molecule has 0 spiro atoms. The Balaban J connectivity index is 1.71. The smallest absolute Gasteiger partial charge is 0.226 e. The van der Waals surface area contributed by atoms with Gasteiger partial charge < -0.3 is 4.79 Å². The molecular formula is C30H22F2N4O. The minimum Gasteiger partial charge on any atom is -0.308 e. The third kappa shape index (κ3) is 3.47. The second-order valence-electron chi connectivity index (χ2n) is 9.95. The van der Waals surface area contributed by atoms with Crippen molar-refractivity contribution in [1.82, 2.24) is 15.0 Å². The van der Waals surface area contributed by atoms with E-state index < -0.39 is 17.0 Å². The van der Waals surface area contributed by atoms with Gasteiger partial charge in [-0.05, 0) is 43.0 Å². The summed E-state index contributed by atoms with van der Waals surface area (Å²) in [7, 11) is 0. The van der Waals surface area contributed by atoms with E-state index in [4.69, 9.17) is 16.5 Å². The molecule has 0 saturated carbocycles. The first-order valence-corrected chi connectivity index (χ1v) is 12.2. The van der Waals surface area contributed by atoms with Gasteiger partial charge in [-0.15, -0.1) is 0 Å². The minimum atomic E-state index is -0.750. The fourth-order valence-electron chi connectivity index (χ4n) is 6.07. The summed E-state index contributed by atoms with van der Waals surface area (Å²) in [4.78, 5) is 30.5. The monoisotopic (exact) mass is 492 g/mol. The number of hydrogen-bond acceptors (Lipinski definition) is 4. The highest BCUT2D eigenvalue weighted by molar-refractivity contribution is 6.00. The molecule has 5 nitrogen and oxygen atoms in total. The third-order valence-electron chi connectivity index (χ3n) is 7.87. The maximum absolute atomic E-state index is 15.1. The highest BCUT2D eigenvalue weighted by atomic mass is 19.1. The first kappa shape index (κ1) is 23.1. The summed E-state index contributed by atoms with van der Waals surface area (Å²) >= 11 is 0. The van der Waals surface area contributed by atoms with E-state index in [2.05, 4.69) is 9.83 Å². The van der Waals surface area contributed by atoms with Crippen LogP contribution in [0.25, 0.3) is 38.4 Å². The van der Waals surface area contributed by atoms with Crippen molar-refractivity contribution in [2.45, 2.75) is 32.1 Å². The van der Waals surface area contributed by atoms with Crippen molar-refractivity contribution >= 4 is 16.7 Å². The van der Waals surface area contributed by atoms with Crippen LogP contribution in [0.15, 0.2) is 66.5 Å². The Labute approximate surface area is 212 Å². The van der Waals surface area contributed by atoms with E-state index >= 15 is 4.39 Å². The third-order valence-corrected chi connectivity index (χ3v) is 7.87. The lowest BCUT2D eigenvalue weighted by Crippen LogP contribution is -2.46. The summed E-state index contributed by atoms with van der Waals surface area (Å²) < 4.78 is 29.8. The second kappa shape index (κ2) is 8.38. The molecule has 2 heterocycles. The molecule has 2 aliphatic rings. The highest BCUT2D eigenvalue weighted by Crippen LogP contribution is 2.51. The van der Waals surface area contributed by atoms with E-state index in [9.17, 15) is 9.18 Å². The van der Waals surface area contributed by atoms with Crippen molar-refractivity contribution in [2.24, 2.45) is 11.8 Å². The normalized spacial score (nSPS) is 22.7. The fraction of sp³-hybridized carbons (Fsp3) is 0.233. The predicted octanol–water partition coefficient (Wildman–Crippen LogP) is 6.48. The van der Waals surface area contributed by atoms with Gasteiger partial charge in [0.25, 0.3) is 0 Å². The zero-order valence-electron chi connectivity index (χ0n) is 20.3. The molecule has 4 aromatic rings. The number of carbonyl (C=O) groups is 1. The van der Waals surface area contributed by atoms with Crippen LogP contribution < -0.4 is 0 Å². The number of halogens is 2. The van der Waals surface area contributed by atoms with Gasteiger partial charge in [-0.3, -0.25) is 4.98 Å². The Morgan fingerprint density at radius 1 is 1.08 bits per heavy atom. The molecule has 2 aliphatic carbocycles. The molecular weight excluding hydrogens is 470 g/mol. The Morgan fingerprint density at radius 2 is 1.89 bits per heavy atom. The highest BCUT2D eigenvalue weighted by Gasteiger charge is 2.49. The Kier molecular flexibility index (Phi) is 5.23. The number of benzene rings is 2. The molecule has 7 heteroatoms. The Bertz CT molecular complexity index is 1690. The van der Waals surface area contributed by atoms with Crippen molar-refractivity contribution in [3.8, 4) is 22.6 Å². The molecule has 0 aliphatic heterocycles. The van der Waals surface area contributed by atoms with Gasteiger partial charge >= 0.3 is 0 Å². The van der Waals surface area contributed by atoms with Crippen molar-refractivity contribution in [2.75, 3.05) is 0 Å². The van der Waals surface area contributed by atoms with Crippen LogP contribution in [0.3, 0.4) is 0 Å². The van der Waals surface area contributed by atoms with Crippen LogP contribution in [0.5, 0.6) is 0 Å². The number of pyridine rings is 1. The Hall–Kier alpha value is -4.31. The first-order valence-electron chi connectivity index (χ1n) is 12.2. The van der Waals surface area contributed by atoms with E-state index in [0.717, 1.165) is 5.56 Å². The lowest BCUT2D eigenvalue weighted by molar-refractivity contribution is -0.121. The number of ketones is 1. The maximum atomic E-state index is 15.1. The molecule has 182 valence electrons. The van der Waals surface area contributed by atoms with E-state index in [1.54, 1.807) is 36.5 Å². The van der Waals surface area contributed by atoms with Gasteiger partial charge in [0.15, 0.2) is 11.6 Å². The predicted molar refractivity (Wildman–Crippen MR) is 136 cm³/mol. The topological polar surface area (TPSA) is 60.1 Å². The van der Waals surface area contributed by atoms with Gasteiger partial charge in [-0.1, -0.05) is 38.1 Å². The van der Waals surface area contributed by atoms with Crippen LogP contribution in [-0.4, -0.2) is 20.7 Å². The summed E-state index contributed by atoms with van der Waals surface area (Å²) in [6.07, 6.45) is 4.55. The van der Waals surface area contributed by atoms with Crippen LogP contribution in [0.1, 0.15) is 31.5 Å². The van der Waals surface area contributed by atoms with Crippen molar-refractivity contribution in [1.29, 1.82) is 0 Å². The lowest BCUT2D eigenvalue weighted by atomic mass is 9.58.